The van der Waals surface area contributed by atoms with Gasteiger partial charge in [-0.2, -0.15) is 0 Å². The Morgan fingerprint density at radius 1 is 0.262 bits per heavy atom. The molecule has 65 heavy (non-hydrogen) atoms. The minimum atomic E-state index is -0.137. The lowest BCUT2D eigenvalue weighted by Gasteiger charge is -2.21. The molecule has 1 aliphatic carbocycles. The first-order valence-corrected chi connectivity index (χ1v) is 22.1. The quantitative estimate of drug-likeness (QED) is 0.160. The van der Waals surface area contributed by atoms with Gasteiger partial charge in [0.05, 0.1) is 11.4 Å². The Balaban J connectivity index is 0.949. The second kappa shape index (κ2) is 15.4. The second-order valence-electron chi connectivity index (χ2n) is 17.4. The summed E-state index contributed by atoms with van der Waals surface area (Å²) in [7, 11) is 0. The largest absolute Gasteiger partial charge is 0.228 e. The van der Waals surface area contributed by atoms with E-state index in [9.17, 15) is 0 Å². The van der Waals surface area contributed by atoms with E-state index in [-0.39, 0.29) is 5.41 Å². The highest BCUT2D eigenvalue weighted by atomic mass is 15.0. The summed E-state index contributed by atoms with van der Waals surface area (Å²) < 4.78 is 0. The summed E-state index contributed by atoms with van der Waals surface area (Å²) in [6, 6.07) is 74.5. The van der Waals surface area contributed by atoms with Crippen LogP contribution in [0, 0.1) is 0 Å². The molecule has 9 aromatic carbocycles. The van der Waals surface area contributed by atoms with Crippen LogP contribution in [0.15, 0.2) is 212 Å². The van der Waals surface area contributed by atoms with Crippen LogP contribution in [0.25, 0.3) is 112 Å². The fraction of sp³-hybridized carbons (Fsp3) is 0.0500. The van der Waals surface area contributed by atoms with Crippen molar-refractivity contribution in [1.29, 1.82) is 0 Å². The van der Waals surface area contributed by atoms with E-state index in [1.54, 1.807) is 0 Å². The van der Waals surface area contributed by atoms with Crippen LogP contribution in [0.2, 0.25) is 0 Å². The molecule has 0 unspecified atom stereocenters. The highest BCUT2D eigenvalue weighted by molar-refractivity contribution is 5.89. The molecule has 0 atom stereocenters. The van der Waals surface area contributed by atoms with Crippen LogP contribution < -0.4 is 0 Å². The molecular weight excluding hydrogens is 791 g/mol. The van der Waals surface area contributed by atoms with Gasteiger partial charge in [0.1, 0.15) is 0 Å². The third-order valence-electron chi connectivity index (χ3n) is 12.9. The van der Waals surface area contributed by atoms with Crippen LogP contribution in [0.1, 0.15) is 25.0 Å². The fourth-order valence-corrected chi connectivity index (χ4v) is 9.44. The minimum Gasteiger partial charge on any atom is -0.228 e. The van der Waals surface area contributed by atoms with Gasteiger partial charge in [0, 0.05) is 38.8 Å². The Morgan fingerprint density at radius 2 is 0.692 bits per heavy atom. The van der Waals surface area contributed by atoms with Crippen molar-refractivity contribution >= 4 is 21.5 Å². The second-order valence-corrected chi connectivity index (χ2v) is 17.4. The van der Waals surface area contributed by atoms with Crippen molar-refractivity contribution in [2.24, 2.45) is 0 Å². The summed E-state index contributed by atoms with van der Waals surface area (Å²) in [5.41, 5.74) is 14.7. The number of fused-ring (bicyclic) bond motifs is 5. The van der Waals surface area contributed by atoms with Crippen LogP contribution >= 0.6 is 0 Å². The third-order valence-corrected chi connectivity index (χ3v) is 12.9. The number of aromatic nitrogens is 5. The standard InChI is InChI=1S/C60H41N5/c1-60(2)52-25-11-10-24-50(52)51-31-30-49(36-53(51)60)56-61-54(40-16-4-3-5-17-40)37-55(62-56)45-22-12-20-43(32-45)44-21-13-23-46(35-44)57-63-58(47-28-26-38-14-6-8-18-41(38)33-47)65-59(64-57)48-29-27-39-15-7-9-19-42(39)34-48/h3-37H,1-2H3. The smallest absolute Gasteiger partial charge is 0.164 e. The van der Waals surface area contributed by atoms with Crippen LogP contribution in [-0.4, -0.2) is 24.9 Å². The van der Waals surface area contributed by atoms with Crippen molar-refractivity contribution in [2.75, 3.05) is 0 Å². The van der Waals surface area contributed by atoms with Gasteiger partial charge in [-0.1, -0.05) is 190 Å². The van der Waals surface area contributed by atoms with Gasteiger partial charge in [0.15, 0.2) is 23.3 Å². The lowest BCUT2D eigenvalue weighted by molar-refractivity contribution is 0.660. The number of benzene rings is 9. The molecule has 0 saturated carbocycles. The minimum absolute atomic E-state index is 0.137. The van der Waals surface area contributed by atoms with Crippen molar-refractivity contribution in [1.82, 2.24) is 24.9 Å². The normalized spacial score (nSPS) is 12.6. The van der Waals surface area contributed by atoms with E-state index in [1.807, 2.05) is 6.07 Å². The molecule has 0 bridgehead atoms. The first-order chi connectivity index (χ1) is 31.9. The van der Waals surface area contributed by atoms with Crippen molar-refractivity contribution in [3.63, 3.8) is 0 Å². The number of rotatable bonds is 7. The van der Waals surface area contributed by atoms with Gasteiger partial charge in [-0.05, 0) is 91.3 Å². The van der Waals surface area contributed by atoms with Crippen LogP contribution in [0.5, 0.6) is 0 Å². The van der Waals surface area contributed by atoms with Crippen molar-refractivity contribution in [2.45, 2.75) is 19.3 Å². The Morgan fingerprint density at radius 3 is 1.34 bits per heavy atom. The maximum atomic E-state index is 5.30. The van der Waals surface area contributed by atoms with Crippen molar-refractivity contribution in [3.8, 4) is 90.3 Å². The van der Waals surface area contributed by atoms with E-state index in [4.69, 9.17) is 24.9 Å². The molecule has 0 aliphatic heterocycles. The lowest BCUT2D eigenvalue weighted by atomic mass is 9.82. The van der Waals surface area contributed by atoms with Gasteiger partial charge in [-0.15, -0.1) is 0 Å². The molecule has 0 spiro atoms. The van der Waals surface area contributed by atoms with Gasteiger partial charge in [0.25, 0.3) is 0 Å². The monoisotopic (exact) mass is 831 g/mol. The molecule has 5 nitrogen and oxygen atoms in total. The summed E-state index contributed by atoms with van der Waals surface area (Å²) in [6.07, 6.45) is 0. The molecule has 2 aromatic heterocycles. The third kappa shape index (κ3) is 6.95. The molecule has 306 valence electrons. The Hall–Kier alpha value is -8.41. The predicted molar refractivity (Wildman–Crippen MR) is 266 cm³/mol. The highest BCUT2D eigenvalue weighted by Gasteiger charge is 2.35. The summed E-state index contributed by atoms with van der Waals surface area (Å²) in [5, 5.41) is 4.61. The Labute approximate surface area is 377 Å². The van der Waals surface area contributed by atoms with Gasteiger partial charge >= 0.3 is 0 Å². The molecule has 1 aliphatic rings. The Kier molecular flexibility index (Phi) is 9.09. The average Bonchev–Trinajstić information content (AvgIpc) is 3.61. The maximum absolute atomic E-state index is 5.30. The fourth-order valence-electron chi connectivity index (χ4n) is 9.44. The SMILES string of the molecule is CC1(C)c2ccccc2-c2ccc(-c3nc(-c4ccccc4)cc(-c4cccc(-c5cccc(-c6nc(-c7ccc8ccccc8c7)nc(-c7ccc8ccccc8c7)n6)c5)c4)n3)cc21. The number of nitrogens with zero attached hydrogens (tertiary/aromatic N) is 5. The van der Waals surface area contributed by atoms with Gasteiger partial charge in [0.2, 0.25) is 0 Å². The van der Waals surface area contributed by atoms with Crippen LogP contribution in [-0.2, 0) is 5.41 Å². The van der Waals surface area contributed by atoms with E-state index in [0.29, 0.717) is 23.3 Å². The van der Waals surface area contributed by atoms with Crippen molar-refractivity contribution < 1.29 is 0 Å². The molecule has 0 amide bonds. The number of hydrogen-bond acceptors (Lipinski definition) is 5. The predicted octanol–water partition coefficient (Wildman–Crippen LogP) is 14.9. The first kappa shape index (κ1) is 38.3. The Bertz CT molecular complexity index is 3550. The molecule has 0 N–H and O–H groups in total. The van der Waals surface area contributed by atoms with E-state index in [2.05, 4.69) is 220 Å². The molecule has 5 heteroatoms. The lowest BCUT2D eigenvalue weighted by Crippen LogP contribution is -2.15. The van der Waals surface area contributed by atoms with Gasteiger partial charge in [-0.25, -0.2) is 24.9 Å². The van der Waals surface area contributed by atoms with Gasteiger partial charge in [-0.3, -0.25) is 0 Å². The van der Waals surface area contributed by atoms with E-state index < -0.39 is 0 Å². The summed E-state index contributed by atoms with van der Waals surface area (Å²) >= 11 is 0. The van der Waals surface area contributed by atoms with Crippen LogP contribution in [0.4, 0.5) is 0 Å². The molecular formula is C60H41N5. The molecule has 0 saturated heterocycles. The highest BCUT2D eigenvalue weighted by Crippen LogP contribution is 2.49. The molecule has 0 fully saturated rings. The van der Waals surface area contributed by atoms with E-state index in [0.717, 1.165) is 66.7 Å². The zero-order valence-electron chi connectivity index (χ0n) is 35.9. The summed E-state index contributed by atoms with van der Waals surface area (Å²) in [4.78, 5) is 25.9. The molecule has 2 heterocycles. The summed E-state index contributed by atoms with van der Waals surface area (Å²) in [6.45, 7) is 4.62. The molecule has 0 radical (unpaired) electrons. The zero-order chi connectivity index (χ0) is 43.5. The van der Waals surface area contributed by atoms with E-state index in [1.165, 1.54) is 33.0 Å². The van der Waals surface area contributed by atoms with Gasteiger partial charge < -0.3 is 0 Å². The zero-order valence-corrected chi connectivity index (χ0v) is 35.9. The molecule has 11 aromatic rings. The topological polar surface area (TPSA) is 64.5 Å². The molecule has 12 rings (SSSR count). The average molecular weight is 832 g/mol. The van der Waals surface area contributed by atoms with Crippen molar-refractivity contribution in [3.05, 3.63) is 223 Å². The van der Waals surface area contributed by atoms with E-state index >= 15 is 0 Å². The van der Waals surface area contributed by atoms with Crippen LogP contribution in [0.3, 0.4) is 0 Å². The maximum Gasteiger partial charge on any atom is 0.164 e. The number of hydrogen-bond donors (Lipinski definition) is 0. The first-order valence-electron chi connectivity index (χ1n) is 22.1. The summed E-state index contributed by atoms with van der Waals surface area (Å²) in [5.74, 6) is 2.56.